The normalized spacial score (nSPS) is 16.0. The molecule has 1 aromatic carbocycles. The average molecular weight is 349 g/mol. The van der Waals surface area contributed by atoms with E-state index in [0.29, 0.717) is 5.76 Å². The highest BCUT2D eigenvalue weighted by atomic mass is 35.5. The number of hydrogen-bond acceptors (Lipinski definition) is 6. The molecule has 2 heterocycles. The maximum Gasteiger partial charge on any atom is 0.433 e. The van der Waals surface area contributed by atoms with Crippen molar-refractivity contribution in [1.29, 1.82) is 0 Å². The lowest BCUT2D eigenvalue weighted by atomic mass is 10.2. The maximum absolute atomic E-state index is 10.6. The summed E-state index contributed by atoms with van der Waals surface area (Å²) in [6.45, 7) is 4.29. The Morgan fingerprint density at radius 2 is 1.88 bits per heavy atom. The van der Waals surface area contributed by atoms with Gasteiger partial charge in [-0.05, 0) is 23.8 Å². The Morgan fingerprint density at radius 3 is 2.50 bits per heavy atom. The van der Waals surface area contributed by atoms with Gasteiger partial charge in [-0.25, -0.2) is 0 Å². The first-order valence-corrected chi connectivity index (χ1v) is 7.98. The molecule has 0 amide bonds. The van der Waals surface area contributed by atoms with E-state index in [1.165, 1.54) is 17.8 Å². The first kappa shape index (κ1) is 16.5. The van der Waals surface area contributed by atoms with E-state index in [0.717, 1.165) is 37.7 Å². The molecule has 0 radical (unpaired) electrons. The Hall–Kier alpha value is -2.38. The molecule has 24 heavy (non-hydrogen) atoms. The van der Waals surface area contributed by atoms with Crippen molar-refractivity contribution >= 4 is 23.7 Å². The number of benzene rings is 1. The molecule has 0 unspecified atom stereocenters. The first-order valence-electron chi connectivity index (χ1n) is 7.60. The SMILES string of the molecule is O=[N+]([O-])c1ccc(/C=N/N2CCN(Cc3ccc(Cl)cc3)CC2)o1. The molecule has 2 aromatic rings. The van der Waals surface area contributed by atoms with Gasteiger partial charge in [-0.3, -0.25) is 20.0 Å². The maximum atomic E-state index is 10.6. The predicted molar refractivity (Wildman–Crippen MR) is 91.3 cm³/mol. The quantitative estimate of drug-likeness (QED) is 0.471. The van der Waals surface area contributed by atoms with Crippen molar-refractivity contribution in [2.24, 2.45) is 5.10 Å². The Kier molecular flexibility index (Phi) is 5.12. The van der Waals surface area contributed by atoms with Crippen LogP contribution >= 0.6 is 11.6 Å². The van der Waals surface area contributed by atoms with Crippen molar-refractivity contribution in [3.05, 3.63) is 62.9 Å². The van der Waals surface area contributed by atoms with Gasteiger partial charge in [-0.15, -0.1) is 0 Å². The van der Waals surface area contributed by atoms with Gasteiger partial charge in [-0.1, -0.05) is 23.7 Å². The smallest absolute Gasteiger partial charge is 0.400 e. The van der Waals surface area contributed by atoms with Crippen LogP contribution in [-0.2, 0) is 6.54 Å². The Morgan fingerprint density at radius 1 is 1.17 bits per heavy atom. The van der Waals surface area contributed by atoms with Crippen molar-refractivity contribution in [2.75, 3.05) is 26.2 Å². The molecule has 1 fully saturated rings. The second kappa shape index (κ2) is 7.46. The topological polar surface area (TPSA) is 75.1 Å². The van der Waals surface area contributed by atoms with Crippen molar-refractivity contribution in [1.82, 2.24) is 9.91 Å². The molecule has 7 nitrogen and oxygen atoms in total. The second-order valence-electron chi connectivity index (χ2n) is 5.53. The molecular weight excluding hydrogens is 332 g/mol. The third kappa shape index (κ3) is 4.33. The van der Waals surface area contributed by atoms with Crippen LogP contribution in [0.25, 0.3) is 0 Å². The van der Waals surface area contributed by atoms with Gasteiger partial charge in [-0.2, -0.15) is 5.10 Å². The van der Waals surface area contributed by atoms with Crippen LogP contribution in [0.4, 0.5) is 5.88 Å². The van der Waals surface area contributed by atoms with Gasteiger partial charge in [0.2, 0.25) is 0 Å². The Labute approximate surface area is 144 Å². The van der Waals surface area contributed by atoms with E-state index in [4.69, 9.17) is 16.0 Å². The lowest BCUT2D eigenvalue weighted by molar-refractivity contribution is -0.402. The van der Waals surface area contributed by atoms with Gasteiger partial charge in [0, 0.05) is 37.7 Å². The highest BCUT2D eigenvalue weighted by Gasteiger charge is 2.16. The molecule has 0 bridgehead atoms. The zero-order chi connectivity index (χ0) is 16.9. The van der Waals surface area contributed by atoms with E-state index in [1.807, 2.05) is 29.3 Å². The summed E-state index contributed by atoms with van der Waals surface area (Å²) < 4.78 is 5.05. The molecule has 0 aliphatic carbocycles. The molecule has 126 valence electrons. The summed E-state index contributed by atoms with van der Waals surface area (Å²) in [7, 11) is 0. The van der Waals surface area contributed by atoms with Crippen LogP contribution in [-0.4, -0.2) is 47.2 Å². The van der Waals surface area contributed by atoms with Gasteiger partial charge in [0.1, 0.15) is 4.92 Å². The second-order valence-corrected chi connectivity index (χ2v) is 5.97. The molecule has 1 aromatic heterocycles. The standard InChI is InChI=1S/C16H17ClN4O3/c17-14-3-1-13(2-4-14)12-19-7-9-20(10-8-19)18-11-15-5-6-16(24-15)21(22)23/h1-6,11H,7-10,12H2/b18-11+. The molecular formula is C16H17ClN4O3. The van der Waals surface area contributed by atoms with Crippen LogP contribution in [0.2, 0.25) is 5.02 Å². The van der Waals surface area contributed by atoms with Gasteiger partial charge < -0.3 is 4.42 Å². The molecule has 3 rings (SSSR count). The number of hydrogen-bond donors (Lipinski definition) is 0. The van der Waals surface area contributed by atoms with Crippen molar-refractivity contribution in [2.45, 2.75) is 6.54 Å². The summed E-state index contributed by atoms with van der Waals surface area (Å²) in [5.41, 5.74) is 1.24. The summed E-state index contributed by atoms with van der Waals surface area (Å²) in [6, 6.07) is 10.7. The van der Waals surface area contributed by atoms with E-state index in [2.05, 4.69) is 10.0 Å². The molecule has 1 aliphatic heterocycles. The number of halogens is 1. The average Bonchev–Trinajstić information content (AvgIpc) is 3.06. The van der Waals surface area contributed by atoms with Crippen LogP contribution in [0, 0.1) is 10.1 Å². The number of nitro groups is 1. The van der Waals surface area contributed by atoms with Gasteiger partial charge in [0.15, 0.2) is 5.76 Å². The minimum absolute atomic E-state index is 0.274. The van der Waals surface area contributed by atoms with Crippen LogP contribution in [0.5, 0.6) is 0 Å². The van der Waals surface area contributed by atoms with Crippen LogP contribution < -0.4 is 0 Å². The molecule has 0 N–H and O–H groups in total. The lowest BCUT2D eigenvalue weighted by Crippen LogP contribution is -2.43. The molecule has 0 atom stereocenters. The molecule has 0 saturated carbocycles. The van der Waals surface area contributed by atoms with Crippen LogP contribution in [0.3, 0.4) is 0 Å². The number of hydrazone groups is 1. The number of furan rings is 1. The van der Waals surface area contributed by atoms with Crippen LogP contribution in [0.1, 0.15) is 11.3 Å². The number of rotatable bonds is 5. The fourth-order valence-corrected chi connectivity index (χ4v) is 2.63. The summed E-state index contributed by atoms with van der Waals surface area (Å²) in [4.78, 5) is 12.4. The summed E-state index contributed by atoms with van der Waals surface area (Å²) in [5.74, 6) is 0.106. The predicted octanol–water partition coefficient (Wildman–Crippen LogP) is 2.99. The summed E-state index contributed by atoms with van der Waals surface area (Å²) >= 11 is 5.90. The summed E-state index contributed by atoms with van der Waals surface area (Å²) in [6.07, 6.45) is 1.52. The largest absolute Gasteiger partial charge is 0.433 e. The van der Waals surface area contributed by atoms with E-state index in [1.54, 1.807) is 6.07 Å². The molecule has 1 aliphatic rings. The van der Waals surface area contributed by atoms with E-state index < -0.39 is 4.92 Å². The number of piperazine rings is 1. The van der Waals surface area contributed by atoms with Gasteiger partial charge in [0.05, 0.1) is 12.3 Å². The zero-order valence-corrected chi connectivity index (χ0v) is 13.7. The zero-order valence-electron chi connectivity index (χ0n) is 13.0. The highest BCUT2D eigenvalue weighted by Crippen LogP contribution is 2.15. The van der Waals surface area contributed by atoms with Crippen molar-refractivity contribution in [3.8, 4) is 0 Å². The highest BCUT2D eigenvalue weighted by molar-refractivity contribution is 6.30. The molecule has 1 saturated heterocycles. The van der Waals surface area contributed by atoms with Gasteiger partial charge in [0.25, 0.3) is 0 Å². The van der Waals surface area contributed by atoms with E-state index >= 15 is 0 Å². The fraction of sp³-hybridized carbons (Fsp3) is 0.312. The lowest BCUT2D eigenvalue weighted by Gasteiger charge is -2.32. The third-order valence-electron chi connectivity index (χ3n) is 3.81. The van der Waals surface area contributed by atoms with E-state index in [-0.39, 0.29) is 5.88 Å². The van der Waals surface area contributed by atoms with Crippen molar-refractivity contribution in [3.63, 3.8) is 0 Å². The number of nitrogens with zero attached hydrogens (tertiary/aromatic N) is 4. The summed E-state index contributed by atoms with van der Waals surface area (Å²) in [5, 5.41) is 17.6. The molecule has 8 heteroatoms. The van der Waals surface area contributed by atoms with E-state index in [9.17, 15) is 10.1 Å². The molecule has 0 spiro atoms. The monoisotopic (exact) mass is 348 g/mol. The Bertz CT molecular complexity index is 721. The Balaban J connectivity index is 1.48. The fourth-order valence-electron chi connectivity index (χ4n) is 2.51. The minimum Gasteiger partial charge on any atom is -0.400 e. The minimum atomic E-state index is -0.563. The van der Waals surface area contributed by atoms with Gasteiger partial charge >= 0.3 is 5.88 Å². The third-order valence-corrected chi connectivity index (χ3v) is 4.06. The van der Waals surface area contributed by atoms with Crippen LogP contribution in [0.15, 0.2) is 45.9 Å². The van der Waals surface area contributed by atoms with Crippen molar-refractivity contribution < 1.29 is 9.34 Å². The first-order chi connectivity index (χ1) is 11.6.